The summed E-state index contributed by atoms with van der Waals surface area (Å²) in [4.78, 5) is 40.8. The van der Waals surface area contributed by atoms with E-state index in [0.29, 0.717) is 25.1 Å². The number of amides is 3. The summed E-state index contributed by atoms with van der Waals surface area (Å²) >= 11 is 0. The monoisotopic (exact) mass is 404 g/mol. The van der Waals surface area contributed by atoms with Gasteiger partial charge in [0.25, 0.3) is 5.91 Å². The van der Waals surface area contributed by atoms with Gasteiger partial charge in [0.1, 0.15) is 6.04 Å². The van der Waals surface area contributed by atoms with Crippen molar-refractivity contribution in [1.29, 1.82) is 0 Å². The second-order valence-corrected chi connectivity index (χ2v) is 8.22. The standard InChI is InChI=1S/C23H24N4O3/c24-18-10-11-26(19-7-2-1-5-16(18)19)12-14-4-3-6-15-17(14)13-27(23(15)30)20-8-9-21(28)25-22(20)29/h1-7,18,20H,8-13,24H2,(H,25,28,29). The number of piperidine rings is 1. The zero-order chi connectivity index (χ0) is 20.8. The Bertz CT molecular complexity index is 1050. The van der Waals surface area contributed by atoms with E-state index in [1.807, 2.05) is 24.3 Å². The van der Waals surface area contributed by atoms with Gasteiger partial charge in [-0.15, -0.1) is 0 Å². The van der Waals surface area contributed by atoms with Gasteiger partial charge in [-0.2, -0.15) is 0 Å². The molecule has 0 aromatic heterocycles. The lowest BCUT2D eigenvalue weighted by Crippen LogP contribution is -2.52. The Morgan fingerprint density at radius 1 is 1.03 bits per heavy atom. The minimum absolute atomic E-state index is 0.0449. The van der Waals surface area contributed by atoms with Crippen molar-refractivity contribution in [3.63, 3.8) is 0 Å². The van der Waals surface area contributed by atoms with Gasteiger partial charge in [0, 0.05) is 43.3 Å². The molecule has 3 heterocycles. The first kappa shape index (κ1) is 18.8. The van der Waals surface area contributed by atoms with Crippen LogP contribution in [0.2, 0.25) is 0 Å². The number of fused-ring (bicyclic) bond motifs is 2. The lowest BCUT2D eigenvalue weighted by atomic mass is 9.95. The van der Waals surface area contributed by atoms with E-state index in [1.165, 1.54) is 0 Å². The van der Waals surface area contributed by atoms with E-state index in [1.54, 1.807) is 4.90 Å². The van der Waals surface area contributed by atoms with Crippen molar-refractivity contribution in [2.75, 3.05) is 11.4 Å². The molecule has 2 unspecified atom stereocenters. The number of hydrogen-bond acceptors (Lipinski definition) is 5. The molecule has 3 aliphatic rings. The first-order chi connectivity index (χ1) is 14.5. The SMILES string of the molecule is NC1CCN(Cc2cccc3c2CN(C2CCC(=O)NC2=O)C3=O)c2ccccc21. The van der Waals surface area contributed by atoms with Crippen LogP contribution in [0.5, 0.6) is 0 Å². The van der Waals surface area contributed by atoms with Gasteiger partial charge in [-0.05, 0) is 41.7 Å². The van der Waals surface area contributed by atoms with Crippen LogP contribution < -0.4 is 16.0 Å². The Morgan fingerprint density at radius 2 is 1.87 bits per heavy atom. The molecule has 0 bridgehead atoms. The molecule has 0 saturated carbocycles. The molecular formula is C23H24N4O3. The number of carbonyl (C=O) groups is 3. The topological polar surface area (TPSA) is 95.7 Å². The lowest BCUT2D eigenvalue weighted by molar-refractivity contribution is -0.136. The van der Waals surface area contributed by atoms with Crippen LogP contribution in [-0.4, -0.2) is 35.2 Å². The number of carbonyl (C=O) groups excluding carboxylic acids is 3. The van der Waals surface area contributed by atoms with Crippen LogP contribution in [0, 0.1) is 0 Å². The number of benzene rings is 2. The maximum atomic E-state index is 13.0. The number of imide groups is 1. The minimum Gasteiger partial charge on any atom is -0.367 e. The van der Waals surface area contributed by atoms with Gasteiger partial charge in [-0.1, -0.05) is 30.3 Å². The molecule has 2 aromatic rings. The van der Waals surface area contributed by atoms with Crippen LogP contribution in [0.15, 0.2) is 42.5 Å². The summed E-state index contributed by atoms with van der Waals surface area (Å²) < 4.78 is 0. The number of para-hydroxylation sites is 1. The minimum atomic E-state index is -0.593. The molecule has 1 fully saturated rings. The van der Waals surface area contributed by atoms with Crippen molar-refractivity contribution in [3.8, 4) is 0 Å². The Hall–Kier alpha value is -3.19. The van der Waals surface area contributed by atoms with Crippen molar-refractivity contribution in [2.45, 2.75) is 44.4 Å². The quantitative estimate of drug-likeness (QED) is 0.762. The summed E-state index contributed by atoms with van der Waals surface area (Å²) in [5.74, 6) is -0.793. The highest BCUT2D eigenvalue weighted by Gasteiger charge is 2.40. The molecule has 3 aliphatic heterocycles. The average molecular weight is 404 g/mol. The molecule has 0 spiro atoms. The van der Waals surface area contributed by atoms with Crippen LogP contribution in [0.1, 0.15) is 52.4 Å². The number of rotatable bonds is 3. The first-order valence-electron chi connectivity index (χ1n) is 10.4. The van der Waals surface area contributed by atoms with Crippen LogP contribution in [0.4, 0.5) is 5.69 Å². The number of hydrogen-bond donors (Lipinski definition) is 2. The Balaban J connectivity index is 1.42. The van der Waals surface area contributed by atoms with Crippen LogP contribution in [-0.2, 0) is 22.7 Å². The average Bonchev–Trinajstić information content (AvgIpc) is 3.08. The Morgan fingerprint density at radius 3 is 2.70 bits per heavy atom. The normalized spacial score (nSPS) is 23.3. The second-order valence-electron chi connectivity index (χ2n) is 8.22. The fourth-order valence-corrected chi connectivity index (χ4v) is 4.83. The van der Waals surface area contributed by atoms with E-state index in [4.69, 9.17) is 5.73 Å². The van der Waals surface area contributed by atoms with E-state index in [2.05, 4.69) is 28.4 Å². The molecule has 154 valence electrons. The third kappa shape index (κ3) is 3.06. The molecule has 2 aromatic carbocycles. The fourth-order valence-electron chi connectivity index (χ4n) is 4.83. The van der Waals surface area contributed by atoms with Gasteiger partial charge in [-0.25, -0.2) is 0 Å². The Kier molecular flexibility index (Phi) is 4.55. The molecule has 30 heavy (non-hydrogen) atoms. The highest BCUT2D eigenvalue weighted by molar-refractivity contribution is 6.05. The molecule has 7 nitrogen and oxygen atoms in total. The van der Waals surface area contributed by atoms with Crippen molar-refractivity contribution in [2.24, 2.45) is 5.73 Å². The van der Waals surface area contributed by atoms with E-state index >= 15 is 0 Å². The molecule has 2 atom stereocenters. The number of nitrogens with two attached hydrogens (primary N) is 1. The molecule has 1 saturated heterocycles. The van der Waals surface area contributed by atoms with E-state index in [-0.39, 0.29) is 30.2 Å². The number of nitrogens with zero attached hydrogens (tertiary/aromatic N) is 2. The molecule has 3 amide bonds. The molecule has 5 rings (SSSR count). The highest BCUT2D eigenvalue weighted by atomic mass is 16.2. The molecule has 0 aliphatic carbocycles. The first-order valence-corrected chi connectivity index (χ1v) is 10.4. The second kappa shape index (κ2) is 7.25. The van der Waals surface area contributed by atoms with Gasteiger partial charge in [0.15, 0.2) is 0 Å². The zero-order valence-electron chi connectivity index (χ0n) is 16.6. The number of anilines is 1. The smallest absolute Gasteiger partial charge is 0.255 e. The third-order valence-corrected chi connectivity index (χ3v) is 6.43. The van der Waals surface area contributed by atoms with E-state index < -0.39 is 6.04 Å². The van der Waals surface area contributed by atoms with Crippen LogP contribution in [0.3, 0.4) is 0 Å². The van der Waals surface area contributed by atoms with Crippen molar-refractivity contribution >= 4 is 23.4 Å². The largest absolute Gasteiger partial charge is 0.367 e. The van der Waals surface area contributed by atoms with Gasteiger partial charge >= 0.3 is 0 Å². The maximum absolute atomic E-state index is 13.0. The maximum Gasteiger partial charge on any atom is 0.255 e. The van der Waals surface area contributed by atoms with E-state index in [0.717, 1.165) is 35.3 Å². The summed E-state index contributed by atoms with van der Waals surface area (Å²) in [6, 6.07) is 13.4. The van der Waals surface area contributed by atoms with Gasteiger partial charge in [0.2, 0.25) is 11.8 Å². The molecule has 0 radical (unpaired) electrons. The summed E-state index contributed by atoms with van der Waals surface area (Å²) in [6.45, 7) is 1.93. The van der Waals surface area contributed by atoms with Crippen LogP contribution in [0.25, 0.3) is 0 Å². The van der Waals surface area contributed by atoms with Crippen molar-refractivity contribution in [1.82, 2.24) is 10.2 Å². The highest BCUT2D eigenvalue weighted by Crippen LogP contribution is 2.35. The van der Waals surface area contributed by atoms with Gasteiger partial charge in [-0.3, -0.25) is 19.7 Å². The summed E-state index contributed by atoms with van der Waals surface area (Å²) in [5, 5.41) is 2.36. The van der Waals surface area contributed by atoms with Gasteiger partial charge in [0.05, 0.1) is 0 Å². The summed E-state index contributed by atoms with van der Waals surface area (Å²) in [7, 11) is 0. The fraction of sp³-hybridized carbons (Fsp3) is 0.348. The van der Waals surface area contributed by atoms with E-state index in [9.17, 15) is 14.4 Å². The predicted octanol–water partition coefficient (Wildman–Crippen LogP) is 1.86. The van der Waals surface area contributed by atoms with Crippen molar-refractivity contribution in [3.05, 3.63) is 64.7 Å². The zero-order valence-corrected chi connectivity index (χ0v) is 16.6. The lowest BCUT2D eigenvalue weighted by Gasteiger charge is -2.35. The molecular weight excluding hydrogens is 380 g/mol. The summed E-state index contributed by atoms with van der Waals surface area (Å²) in [5.41, 5.74) is 11.3. The number of nitrogens with one attached hydrogen (secondary N) is 1. The van der Waals surface area contributed by atoms with Crippen molar-refractivity contribution < 1.29 is 14.4 Å². The molecule has 3 N–H and O–H groups in total. The molecule has 7 heteroatoms. The Labute approximate surface area is 174 Å². The van der Waals surface area contributed by atoms with Gasteiger partial charge < -0.3 is 15.5 Å². The third-order valence-electron chi connectivity index (χ3n) is 6.43. The van der Waals surface area contributed by atoms with Crippen LogP contribution >= 0.6 is 0 Å². The summed E-state index contributed by atoms with van der Waals surface area (Å²) in [6.07, 6.45) is 1.51. The predicted molar refractivity (Wildman–Crippen MR) is 112 cm³/mol.